The van der Waals surface area contributed by atoms with Crippen molar-refractivity contribution >= 4 is 5.97 Å². The largest absolute Gasteiger partial charge is 0.479 e. The Balaban J connectivity index is 2.25. The highest BCUT2D eigenvalue weighted by Gasteiger charge is 2.57. The summed E-state index contributed by atoms with van der Waals surface area (Å²) in [6, 6.07) is 0. The first-order valence-electron chi connectivity index (χ1n) is 4.73. The van der Waals surface area contributed by atoms with E-state index in [0.717, 1.165) is 0 Å². The molecule has 2 fully saturated rings. The lowest BCUT2D eigenvalue weighted by atomic mass is 10.1. The van der Waals surface area contributed by atoms with Crippen LogP contribution in [0, 0.1) is 0 Å². The van der Waals surface area contributed by atoms with Crippen molar-refractivity contribution in [3.63, 3.8) is 0 Å². The van der Waals surface area contributed by atoms with E-state index in [9.17, 15) is 4.79 Å². The SMILES string of the molecule is CC1(C)O[C@@H]2[C@H](O1)[C@@H](C(=O)O)O[C@H]2N=[N+]=[N-]. The van der Waals surface area contributed by atoms with Crippen molar-refractivity contribution in [2.75, 3.05) is 0 Å². The molecule has 4 atom stereocenters. The molecule has 0 aliphatic carbocycles. The summed E-state index contributed by atoms with van der Waals surface area (Å²) in [7, 11) is 0. The predicted octanol–water partition coefficient (Wildman–Crippen LogP) is 0.626. The Morgan fingerprint density at radius 3 is 2.62 bits per heavy atom. The number of ether oxygens (including phenoxy) is 3. The Bertz CT molecular complexity index is 347. The van der Waals surface area contributed by atoms with E-state index in [1.165, 1.54) is 0 Å². The van der Waals surface area contributed by atoms with Crippen LogP contribution in [0.15, 0.2) is 5.11 Å². The maximum absolute atomic E-state index is 10.9. The third kappa shape index (κ3) is 1.72. The van der Waals surface area contributed by atoms with Crippen molar-refractivity contribution in [2.24, 2.45) is 5.11 Å². The molecule has 0 bridgehead atoms. The standard InChI is InChI=1S/C8H11N3O5/c1-8(2)15-3-4(16-8)6(10-11-9)14-5(3)7(12)13/h3-6H,1-2H3,(H,12,13)/t3-,4+,5-,6+/m0/s1. The van der Waals surface area contributed by atoms with Gasteiger partial charge in [0, 0.05) is 4.91 Å². The average Bonchev–Trinajstić information content (AvgIpc) is 2.61. The average molecular weight is 229 g/mol. The van der Waals surface area contributed by atoms with Crippen molar-refractivity contribution in [1.82, 2.24) is 0 Å². The van der Waals surface area contributed by atoms with Gasteiger partial charge in [-0.15, -0.1) is 0 Å². The summed E-state index contributed by atoms with van der Waals surface area (Å²) in [6.07, 6.45) is -3.55. The molecule has 1 N–H and O–H groups in total. The number of carboxylic acids is 1. The van der Waals surface area contributed by atoms with Gasteiger partial charge in [-0.05, 0) is 19.4 Å². The molecule has 0 amide bonds. The molecule has 0 unspecified atom stereocenters. The number of fused-ring (bicyclic) bond motifs is 1. The second-order valence-corrected chi connectivity index (χ2v) is 4.06. The van der Waals surface area contributed by atoms with Crippen LogP contribution in [0.5, 0.6) is 0 Å². The van der Waals surface area contributed by atoms with Crippen LogP contribution < -0.4 is 0 Å². The van der Waals surface area contributed by atoms with Crippen LogP contribution in [-0.2, 0) is 19.0 Å². The molecule has 16 heavy (non-hydrogen) atoms. The Morgan fingerprint density at radius 1 is 1.44 bits per heavy atom. The molecule has 88 valence electrons. The van der Waals surface area contributed by atoms with E-state index in [1.807, 2.05) is 0 Å². The highest BCUT2D eigenvalue weighted by molar-refractivity contribution is 5.73. The molecular formula is C8H11N3O5. The monoisotopic (exact) mass is 229 g/mol. The van der Waals surface area contributed by atoms with Crippen LogP contribution in [0.4, 0.5) is 0 Å². The molecule has 2 aliphatic rings. The van der Waals surface area contributed by atoms with Crippen molar-refractivity contribution in [1.29, 1.82) is 0 Å². The first-order valence-corrected chi connectivity index (χ1v) is 4.73. The van der Waals surface area contributed by atoms with E-state index in [0.29, 0.717) is 0 Å². The lowest BCUT2D eigenvalue weighted by Crippen LogP contribution is -2.35. The van der Waals surface area contributed by atoms with Gasteiger partial charge in [-0.25, -0.2) is 4.79 Å². The molecule has 2 saturated heterocycles. The van der Waals surface area contributed by atoms with E-state index in [-0.39, 0.29) is 0 Å². The quantitative estimate of drug-likeness (QED) is 0.423. The lowest BCUT2D eigenvalue weighted by Gasteiger charge is -2.21. The predicted molar refractivity (Wildman–Crippen MR) is 49.3 cm³/mol. The zero-order valence-electron chi connectivity index (χ0n) is 8.73. The summed E-state index contributed by atoms with van der Waals surface area (Å²) in [5.74, 6) is -2.05. The molecule has 2 rings (SSSR count). The molecule has 0 spiro atoms. The first kappa shape index (κ1) is 11.2. The summed E-state index contributed by atoms with van der Waals surface area (Å²) < 4.78 is 15.9. The highest BCUT2D eigenvalue weighted by atomic mass is 16.8. The maximum Gasteiger partial charge on any atom is 0.335 e. The van der Waals surface area contributed by atoms with Crippen molar-refractivity contribution in [3.05, 3.63) is 10.4 Å². The van der Waals surface area contributed by atoms with Crippen molar-refractivity contribution in [2.45, 2.75) is 44.2 Å². The van der Waals surface area contributed by atoms with Crippen LogP contribution in [0.3, 0.4) is 0 Å². The van der Waals surface area contributed by atoms with Gasteiger partial charge in [-0.3, -0.25) is 0 Å². The van der Waals surface area contributed by atoms with Crippen molar-refractivity contribution in [3.8, 4) is 0 Å². The second-order valence-electron chi connectivity index (χ2n) is 4.06. The lowest BCUT2D eigenvalue weighted by molar-refractivity contribution is -0.193. The van der Waals surface area contributed by atoms with Gasteiger partial charge in [-0.2, -0.15) is 0 Å². The Hall–Kier alpha value is -1.34. The van der Waals surface area contributed by atoms with Gasteiger partial charge < -0.3 is 19.3 Å². The number of aliphatic carboxylic acids is 1. The molecule has 0 aromatic heterocycles. The minimum atomic E-state index is -1.16. The number of carbonyl (C=O) groups is 1. The number of hydrogen-bond donors (Lipinski definition) is 1. The molecule has 0 saturated carbocycles. The summed E-state index contributed by atoms with van der Waals surface area (Å²) in [4.78, 5) is 13.5. The maximum atomic E-state index is 10.9. The molecule has 2 aliphatic heterocycles. The molecule has 0 aromatic carbocycles. The minimum absolute atomic E-state index is 0.674. The van der Waals surface area contributed by atoms with Crippen LogP contribution in [0.2, 0.25) is 0 Å². The fourth-order valence-electron chi connectivity index (χ4n) is 1.92. The van der Waals surface area contributed by atoms with Gasteiger partial charge in [0.1, 0.15) is 12.2 Å². The van der Waals surface area contributed by atoms with E-state index < -0.39 is 36.3 Å². The van der Waals surface area contributed by atoms with Gasteiger partial charge in [0.15, 0.2) is 18.1 Å². The summed E-state index contributed by atoms with van der Waals surface area (Å²) in [6.45, 7) is 3.33. The number of carboxylic acid groups (broad SMARTS) is 1. The third-order valence-electron chi connectivity index (χ3n) is 2.44. The van der Waals surface area contributed by atoms with Gasteiger partial charge >= 0.3 is 5.97 Å². The van der Waals surface area contributed by atoms with Gasteiger partial charge in [-0.1, -0.05) is 5.11 Å². The van der Waals surface area contributed by atoms with Crippen LogP contribution in [-0.4, -0.2) is 41.4 Å². The molecule has 0 radical (unpaired) electrons. The summed E-state index contributed by atoms with van der Waals surface area (Å²) in [5, 5.41) is 12.3. The van der Waals surface area contributed by atoms with Crippen molar-refractivity contribution < 1.29 is 24.1 Å². The Morgan fingerprint density at radius 2 is 2.06 bits per heavy atom. The van der Waals surface area contributed by atoms with Crippen LogP contribution in [0.1, 0.15) is 13.8 Å². The van der Waals surface area contributed by atoms with E-state index in [1.54, 1.807) is 13.8 Å². The Labute approximate surface area is 90.7 Å². The molecule has 0 aromatic rings. The second kappa shape index (κ2) is 3.60. The topological polar surface area (TPSA) is 114 Å². The van der Waals surface area contributed by atoms with Gasteiger partial charge in [0.05, 0.1) is 0 Å². The number of rotatable bonds is 2. The highest BCUT2D eigenvalue weighted by Crippen LogP contribution is 2.39. The summed E-state index contributed by atoms with van der Waals surface area (Å²) in [5.41, 5.74) is 8.34. The normalized spacial score (nSPS) is 40.1. The number of azide groups is 1. The zero-order chi connectivity index (χ0) is 11.9. The number of hydrogen-bond acceptors (Lipinski definition) is 5. The minimum Gasteiger partial charge on any atom is -0.479 e. The molecule has 8 heteroatoms. The van der Waals surface area contributed by atoms with E-state index in [4.69, 9.17) is 24.8 Å². The molecular weight excluding hydrogens is 218 g/mol. The smallest absolute Gasteiger partial charge is 0.335 e. The first-order chi connectivity index (χ1) is 7.44. The Kier molecular flexibility index (Phi) is 2.51. The van der Waals surface area contributed by atoms with Gasteiger partial charge in [0.25, 0.3) is 0 Å². The van der Waals surface area contributed by atoms with Crippen LogP contribution in [0.25, 0.3) is 10.4 Å². The number of nitrogens with zero attached hydrogens (tertiary/aromatic N) is 3. The molecule has 8 nitrogen and oxygen atoms in total. The van der Waals surface area contributed by atoms with E-state index >= 15 is 0 Å². The molecule has 2 heterocycles. The zero-order valence-corrected chi connectivity index (χ0v) is 8.73. The fraction of sp³-hybridized carbons (Fsp3) is 0.875. The van der Waals surface area contributed by atoms with Gasteiger partial charge in [0.2, 0.25) is 0 Å². The third-order valence-corrected chi connectivity index (χ3v) is 2.44. The van der Waals surface area contributed by atoms with E-state index in [2.05, 4.69) is 10.0 Å². The van der Waals surface area contributed by atoms with Crippen LogP contribution >= 0.6 is 0 Å². The fourth-order valence-corrected chi connectivity index (χ4v) is 1.92. The summed E-state index contributed by atoms with van der Waals surface area (Å²) >= 11 is 0.